The van der Waals surface area contributed by atoms with Crippen LogP contribution in [0, 0.1) is 5.92 Å². The van der Waals surface area contributed by atoms with Gasteiger partial charge in [-0.3, -0.25) is 0 Å². The van der Waals surface area contributed by atoms with Gasteiger partial charge in [-0.25, -0.2) is 0 Å². The first-order chi connectivity index (χ1) is 8.38. The molecule has 92 valence electrons. The summed E-state index contributed by atoms with van der Waals surface area (Å²) in [6.07, 6.45) is 9.58. The van der Waals surface area contributed by atoms with Gasteiger partial charge in [-0.1, -0.05) is 24.6 Å². The van der Waals surface area contributed by atoms with Crippen molar-refractivity contribution in [1.82, 2.24) is 5.32 Å². The summed E-state index contributed by atoms with van der Waals surface area (Å²) in [6.45, 7) is 0. The quantitative estimate of drug-likeness (QED) is 0.834. The van der Waals surface area contributed by atoms with E-state index in [0.717, 1.165) is 5.92 Å². The highest BCUT2D eigenvalue weighted by atomic mass is 14.9. The lowest BCUT2D eigenvalue weighted by atomic mass is 9.76. The Kier molecular flexibility index (Phi) is 3.19. The largest absolute Gasteiger partial charge is 0.313 e. The molecule has 1 fully saturated rings. The molecule has 2 aliphatic carbocycles. The molecule has 1 atom stereocenters. The summed E-state index contributed by atoms with van der Waals surface area (Å²) in [5, 5.41) is 3.53. The highest BCUT2D eigenvalue weighted by Gasteiger charge is 2.27. The Bertz CT molecular complexity index is 393. The molecule has 0 spiro atoms. The average molecular weight is 229 g/mol. The predicted molar refractivity (Wildman–Crippen MR) is 72.2 cm³/mol. The number of hydrogen-bond acceptors (Lipinski definition) is 1. The second-order valence-corrected chi connectivity index (χ2v) is 5.69. The maximum Gasteiger partial charge on any atom is 0.0346 e. The fourth-order valence-corrected chi connectivity index (χ4v) is 3.39. The Morgan fingerprint density at radius 2 is 1.82 bits per heavy atom. The summed E-state index contributed by atoms with van der Waals surface area (Å²) in [6, 6.07) is 7.82. The molecular weight excluding hydrogens is 206 g/mol. The zero-order valence-corrected chi connectivity index (χ0v) is 10.8. The fourth-order valence-electron chi connectivity index (χ4n) is 3.39. The summed E-state index contributed by atoms with van der Waals surface area (Å²) in [4.78, 5) is 0. The molecule has 1 aromatic carbocycles. The first kappa shape index (κ1) is 11.3. The topological polar surface area (TPSA) is 12.0 Å². The van der Waals surface area contributed by atoms with E-state index in [1.54, 1.807) is 11.1 Å². The van der Waals surface area contributed by atoms with E-state index in [1.807, 2.05) is 0 Å². The average Bonchev–Trinajstić information content (AvgIpc) is 2.33. The van der Waals surface area contributed by atoms with Crippen LogP contribution >= 0.6 is 0 Å². The van der Waals surface area contributed by atoms with Gasteiger partial charge in [0.25, 0.3) is 0 Å². The van der Waals surface area contributed by atoms with E-state index in [4.69, 9.17) is 0 Å². The van der Waals surface area contributed by atoms with Gasteiger partial charge in [0.05, 0.1) is 0 Å². The standard InChI is InChI=1S/C16H23N/c1-17-16(13-7-4-8-13)15-10-9-12-5-2-3-6-14(12)11-15/h9-11,13,16-17H,2-8H2,1H3. The van der Waals surface area contributed by atoms with Crippen molar-refractivity contribution in [3.05, 3.63) is 34.9 Å². The molecule has 0 amide bonds. The van der Waals surface area contributed by atoms with Gasteiger partial charge in [-0.05, 0) is 68.2 Å². The Balaban J connectivity index is 1.86. The minimum atomic E-state index is 0.593. The molecule has 0 bridgehead atoms. The summed E-state index contributed by atoms with van der Waals surface area (Å²) < 4.78 is 0. The van der Waals surface area contributed by atoms with Gasteiger partial charge in [0.15, 0.2) is 0 Å². The molecule has 1 saturated carbocycles. The van der Waals surface area contributed by atoms with Crippen LogP contribution in [-0.4, -0.2) is 7.05 Å². The van der Waals surface area contributed by atoms with Gasteiger partial charge in [0, 0.05) is 6.04 Å². The SMILES string of the molecule is CNC(c1ccc2c(c1)CCCC2)C1CCC1. The summed E-state index contributed by atoms with van der Waals surface area (Å²) in [5.74, 6) is 0.877. The van der Waals surface area contributed by atoms with Gasteiger partial charge in [-0.15, -0.1) is 0 Å². The van der Waals surface area contributed by atoms with Crippen LogP contribution in [0.5, 0.6) is 0 Å². The molecule has 0 aliphatic heterocycles. The number of fused-ring (bicyclic) bond motifs is 1. The minimum absolute atomic E-state index is 0.593. The molecule has 0 heterocycles. The molecule has 0 saturated heterocycles. The molecular formula is C16H23N. The third kappa shape index (κ3) is 2.13. The van der Waals surface area contributed by atoms with Crippen LogP contribution in [0.25, 0.3) is 0 Å². The van der Waals surface area contributed by atoms with Gasteiger partial charge >= 0.3 is 0 Å². The highest BCUT2D eigenvalue weighted by Crippen LogP contribution is 2.38. The van der Waals surface area contributed by atoms with Crippen molar-refractivity contribution in [2.45, 2.75) is 51.0 Å². The smallest absolute Gasteiger partial charge is 0.0346 e. The molecule has 0 radical (unpaired) electrons. The zero-order chi connectivity index (χ0) is 11.7. The Morgan fingerprint density at radius 1 is 1.06 bits per heavy atom. The Morgan fingerprint density at radius 3 is 2.47 bits per heavy atom. The third-order valence-corrected chi connectivity index (χ3v) is 4.66. The van der Waals surface area contributed by atoms with Crippen molar-refractivity contribution in [3.63, 3.8) is 0 Å². The third-order valence-electron chi connectivity index (χ3n) is 4.66. The summed E-state index contributed by atoms with van der Waals surface area (Å²) >= 11 is 0. The first-order valence-electron chi connectivity index (χ1n) is 7.17. The van der Waals surface area contributed by atoms with Crippen molar-refractivity contribution in [2.75, 3.05) is 7.05 Å². The second-order valence-electron chi connectivity index (χ2n) is 5.69. The van der Waals surface area contributed by atoms with Crippen molar-refractivity contribution in [3.8, 4) is 0 Å². The normalized spacial score (nSPS) is 21.7. The van der Waals surface area contributed by atoms with Crippen LogP contribution in [0.1, 0.15) is 54.8 Å². The molecule has 1 heteroatoms. The maximum atomic E-state index is 3.53. The lowest BCUT2D eigenvalue weighted by Crippen LogP contribution is -2.29. The molecule has 1 unspecified atom stereocenters. The number of benzene rings is 1. The Hall–Kier alpha value is -0.820. The molecule has 1 N–H and O–H groups in total. The van der Waals surface area contributed by atoms with E-state index in [9.17, 15) is 0 Å². The van der Waals surface area contributed by atoms with Gasteiger partial charge in [-0.2, -0.15) is 0 Å². The van der Waals surface area contributed by atoms with E-state index in [0.29, 0.717) is 6.04 Å². The molecule has 1 nitrogen and oxygen atoms in total. The number of aryl methyl sites for hydroxylation is 2. The number of hydrogen-bond donors (Lipinski definition) is 1. The van der Waals surface area contributed by atoms with Crippen molar-refractivity contribution in [1.29, 1.82) is 0 Å². The van der Waals surface area contributed by atoms with Crippen LogP contribution < -0.4 is 5.32 Å². The van der Waals surface area contributed by atoms with Crippen LogP contribution in [0.2, 0.25) is 0 Å². The molecule has 0 aromatic heterocycles. The van der Waals surface area contributed by atoms with Crippen molar-refractivity contribution >= 4 is 0 Å². The zero-order valence-electron chi connectivity index (χ0n) is 10.8. The molecule has 1 aromatic rings. The first-order valence-corrected chi connectivity index (χ1v) is 7.17. The van der Waals surface area contributed by atoms with Gasteiger partial charge in [0.2, 0.25) is 0 Å². The van der Waals surface area contributed by atoms with Crippen LogP contribution in [0.15, 0.2) is 18.2 Å². The van der Waals surface area contributed by atoms with E-state index < -0.39 is 0 Å². The van der Waals surface area contributed by atoms with Gasteiger partial charge in [0.1, 0.15) is 0 Å². The summed E-state index contributed by atoms with van der Waals surface area (Å²) in [5.41, 5.74) is 4.75. The van der Waals surface area contributed by atoms with Gasteiger partial charge < -0.3 is 5.32 Å². The predicted octanol–water partition coefficient (Wildman–Crippen LogP) is 3.63. The molecule has 17 heavy (non-hydrogen) atoms. The van der Waals surface area contributed by atoms with Crippen LogP contribution in [-0.2, 0) is 12.8 Å². The minimum Gasteiger partial charge on any atom is -0.313 e. The molecule has 2 aliphatic rings. The monoisotopic (exact) mass is 229 g/mol. The van der Waals surface area contributed by atoms with E-state index in [1.165, 1.54) is 50.5 Å². The lowest BCUT2D eigenvalue weighted by Gasteiger charge is -2.34. The van der Waals surface area contributed by atoms with E-state index in [2.05, 4.69) is 30.6 Å². The number of nitrogens with one attached hydrogen (secondary N) is 1. The van der Waals surface area contributed by atoms with Crippen molar-refractivity contribution in [2.24, 2.45) is 5.92 Å². The van der Waals surface area contributed by atoms with E-state index in [-0.39, 0.29) is 0 Å². The highest BCUT2D eigenvalue weighted by molar-refractivity contribution is 5.35. The maximum absolute atomic E-state index is 3.53. The lowest BCUT2D eigenvalue weighted by molar-refractivity contribution is 0.239. The Labute approximate surface area is 105 Å². The van der Waals surface area contributed by atoms with E-state index >= 15 is 0 Å². The second kappa shape index (κ2) is 4.81. The molecule has 3 rings (SSSR count). The number of rotatable bonds is 3. The van der Waals surface area contributed by atoms with Crippen LogP contribution in [0.3, 0.4) is 0 Å². The fraction of sp³-hybridized carbons (Fsp3) is 0.625. The van der Waals surface area contributed by atoms with Crippen molar-refractivity contribution < 1.29 is 0 Å². The van der Waals surface area contributed by atoms with Crippen LogP contribution in [0.4, 0.5) is 0 Å². The summed E-state index contributed by atoms with van der Waals surface area (Å²) in [7, 11) is 2.11.